The van der Waals surface area contributed by atoms with Gasteiger partial charge in [-0.1, -0.05) is 46.9 Å². The van der Waals surface area contributed by atoms with Crippen LogP contribution in [0.15, 0.2) is 65.8 Å². The van der Waals surface area contributed by atoms with Gasteiger partial charge in [-0.2, -0.15) is 5.10 Å². The number of nitrogens with zero attached hydrogens (tertiary/aromatic N) is 1. The Hall–Kier alpha value is -3.26. The molecular formula is C25H22Cl3N3O4. The molecule has 35 heavy (non-hydrogen) atoms. The van der Waals surface area contributed by atoms with Gasteiger partial charge in [0.15, 0.2) is 11.5 Å². The molecule has 0 saturated heterocycles. The topological polar surface area (TPSA) is 89.0 Å². The number of benzene rings is 3. The smallest absolute Gasteiger partial charge is 0.251 e. The lowest BCUT2D eigenvalue weighted by molar-refractivity contribution is -0.120. The van der Waals surface area contributed by atoms with Crippen LogP contribution < -0.4 is 20.2 Å². The van der Waals surface area contributed by atoms with Gasteiger partial charge in [-0.25, -0.2) is 5.43 Å². The summed E-state index contributed by atoms with van der Waals surface area (Å²) in [4.78, 5) is 24.1. The molecule has 0 heterocycles. The number of carbonyl (C=O) groups excluding carboxylic acids is 2. The van der Waals surface area contributed by atoms with E-state index in [1.165, 1.54) is 18.3 Å². The number of hydrogen-bond acceptors (Lipinski definition) is 5. The first-order chi connectivity index (χ1) is 16.9. The van der Waals surface area contributed by atoms with Crippen molar-refractivity contribution < 1.29 is 19.1 Å². The van der Waals surface area contributed by atoms with Gasteiger partial charge in [0.05, 0.1) is 23.4 Å². The Labute approximate surface area is 218 Å². The molecule has 0 spiro atoms. The van der Waals surface area contributed by atoms with E-state index in [0.717, 1.165) is 5.56 Å². The predicted molar refractivity (Wildman–Crippen MR) is 138 cm³/mol. The van der Waals surface area contributed by atoms with Gasteiger partial charge in [-0.3, -0.25) is 9.59 Å². The van der Waals surface area contributed by atoms with Crippen molar-refractivity contribution in [2.24, 2.45) is 5.10 Å². The minimum absolute atomic E-state index is 0.0468. The van der Waals surface area contributed by atoms with Crippen LogP contribution >= 0.6 is 34.8 Å². The Morgan fingerprint density at radius 1 is 0.943 bits per heavy atom. The third-order valence-corrected chi connectivity index (χ3v) is 5.71. The minimum atomic E-state index is -0.356. The lowest BCUT2D eigenvalue weighted by Crippen LogP contribution is -2.29. The number of hydrogen-bond donors (Lipinski definition) is 2. The average molecular weight is 535 g/mol. The second kappa shape index (κ2) is 13.0. The summed E-state index contributed by atoms with van der Waals surface area (Å²) in [5.74, 6) is 0.386. The maximum Gasteiger partial charge on any atom is 0.251 e. The van der Waals surface area contributed by atoms with Crippen LogP contribution in [0.2, 0.25) is 15.1 Å². The van der Waals surface area contributed by atoms with Gasteiger partial charge in [0.1, 0.15) is 6.61 Å². The SMILES string of the molecule is COc1cc(C=NNC(=O)CCNC(=O)c2ccc(Cl)c(Cl)c2)ccc1OCc1ccc(Cl)cc1. The third kappa shape index (κ3) is 8.17. The van der Waals surface area contributed by atoms with Gasteiger partial charge in [0.25, 0.3) is 5.91 Å². The van der Waals surface area contributed by atoms with E-state index in [-0.39, 0.29) is 29.8 Å². The van der Waals surface area contributed by atoms with Crippen molar-refractivity contribution in [2.45, 2.75) is 13.0 Å². The molecule has 3 aromatic carbocycles. The van der Waals surface area contributed by atoms with Crippen LogP contribution in [-0.2, 0) is 11.4 Å². The Bertz CT molecular complexity index is 1220. The lowest BCUT2D eigenvalue weighted by atomic mass is 10.2. The molecule has 0 atom stereocenters. The first kappa shape index (κ1) is 26.3. The van der Waals surface area contributed by atoms with Crippen LogP contribution in [0, 0.1) is 0 Å². The van der Waals surface area contributed by atoms with Gasteiger partial charge in [0.2, 0.25) is 5.91 Å². The fourth-order valence-electron chi connectivity index (χ4n) is 2.89. The van der Waals surface area contributed by atoms with Gasteiger partial charge < -0.3 is 14.8 Å². The summed E-state index contributed by atoms with van der Waals surface area (Å²) in [5.41, 5.74) is 4.45. The van der Waals surface area contributed by atoms with Crippen LogP contribution in [0.3, 0.4) is 0 Å². The fraction of sp³-hybridized carbons (Fsp3) is 0.160. The molecule has 0 fully saturated rings. The van der Waals surface area contributed by atoms with Crippen molar-refractivity contribution in [3.8, 4) is 11.5 Å². The van der Waals surface area contributed by atoms with Crippen molar-refractivity contribution in [3.05, 3.63) is 92.4 Å². The lowest BCUT2D eigenvalue weighted by Gasteiger charge is -2.11. The van der Waals surface area contributed by atoms with E-state index in [4.69, 9.17) is 44.3 Å². The molecule has 0 bridgehead atoms. The molecule has 2 N–H and O–H groups in total. The molecular weight excluding hydrogens is 513 g/mol. The van der Waals surface area contributed by atoms with Crippen molar-refractivity contribution in [1.82, 2.24) is 10.7 Å². The molecule has 0 aliphatic rings. The molecule has 0 unspecified atom stereocenters. The number of methoxy groups -OCH3 is 1. The number of ether oxygens (including phenoxy) is 2. The Balaban J connectivity index is 1.45. The fourth-order valence-corrected chi connectivity index (χ4v) is 3.31. The quantitative estimate of drug-likeness (QED) is 0.265. The first-order valence-electron chi connectivity index (χ1n) is 10.5. The molecule has 0 aliphatic carbocycles. The Morgan fingerprint density at radius 2 is 1.71 bits per heavy atom. The number of carbonyl (C=O) groups is 2. The van der Waals surface area contributed by atoms with Gasteiger partial charge in [0, 0.05) is 23.6 Å². The van der Waals surface area contributed by atoms with E-state index in [2.05, 4.69) is 15.8 Å². The van der Waals surface area contributed by atoms with E-state index in [1.807, 2.05) is 12.1 Å². The van der Waals surface area contributed by atoms with Crippen LogP contribution in [0.25, 0.3) is 0 Å². The zero-order valence-corrected chi connectivity index (χ0v) is 21.0. The zero-order chi connectivity index (χ0) is 25.2. The predicted octanol–water partition coefficient (Wildman–Crippen LogP) is 5.50. The minimum Gasteiger partial charge on any atom is -0.493 e. The third-order valence-electron chi connectivity index (χ3n) is 4.72. The monoisotopic (exact) mass is 533 g/mol. The Morgan fingerprint density at radius 3 is 2.43 bits per heavy atom. The highest BCUT2D eigenvalue weighted by molar-refractivity contribution is 6.42. The summed E-state index contributed by atoms with van der Waals surface area (Å²) in [5, 5.41) is 7.89. The summed E-state index contributed by atoms with van der Waals surface area (Å²) >= 11 is 17.7. The van der Waals surface area contributed by atoms with E-state index >= 15 is 0 Å². The number of rotatable bonds is 10. The van der Waals surface area contributed by atoms with Crippen molar-refractivity contribution in [1.29, 1.82) is 0 Å². The highest BCUT2D eigenvalue weighted by Crippen LogP contribution is 2.28. The summed E-state index contributed by atoms with van der Waals surface area (Å²) in [6.45, 7) is 0.493. The maximum atomic E-state index is 12.1. The number of hydrazone groups is 1. The van der Waals surface area contributed by atoms with Gasteiger partial charge >= 0.3 is 0 Å². The van der Waals surface area contributed by atoms with Crippen LogP contribution in [0.1, 0.15) is 27.9 Å². The maximum absolute atomic E-state index is 12.1. The van der Waals surface area contributed by atoms with E-state index in [1.54, 1.807) is 43.5 Å². The largest absolute Gasteiger partial charge is 0.493 e. The highest BCUT2D eigenvalue weighted by atomic mass is 35.5. The molecule has 0 aliphatic heterocycles. The second-order valence-corrected chi connectivity index (χ2v) is 8.50. The van der Waals surface area contributed by atoms with Crippen LogP contribution in [-0.4, -0.2) is 31.7 Å². The average Bonchev–Trinajstić information content (AvgIpc) is 2.85. The first-order valence-corrected chi connectivity index (χ1v) is 11.6. The molecule has 3 rings (SSSR count). The van der Waals surface area contributed by atoms with Crippen LogP contribution in [0.4, 0.5) is 0 Å². The Kier molecular flexibility index (Phi) is 9.78. The normalized spacial score (nSPS) is 10.7. The summed E-state index contributed by atoms with van der Waals surface area (Å²) in [7, 11) is 1.54. The van der Waals surface area contributed by atoms with Crippen molar-refractivity contribution >= 4 is 52.8 Å². The number of halogens is 3. The van der Waals surface area contributed by atoms with Gasteiger partial charge in [-0.05, 0) is 59.7 Å². The van der Waals surface area contributed by atoms with E-state index < -0.39 is 0 Å². The van der Waals surface area contributed by atoms with E-state index in [9.17, 15) is 9.59 Å². The van der Waals surface area contributed by atoms with Crippen molar-refractivity contribution in [2.75, 3.05) is 13.7 Å². The molecule has 0 aromatic heterocycles. The van der Waals surface area contributed by atoms with Crippen molar-refractivity contribution in [3.63, 3.8) is 0 Å². The summed E-state index contributed by atoms with van der Waals surface area (Å²) in [6, 6.07) is 17.2. The molecule has 0 radical (unpaired) electrons. The highest BCUT2D eigenvalue weighted by Gasteiger charge is 2.09. The number of nitrogens with one attached hydrogen (secondary N) is 2. The van der Waals surface area contributed by atoms with E-state index in [0.29, 0.717) is 39.3 Å². The molecule has 2 amide bonds. The second-order valence-electron chi connectivity index (χ2n) is 7.25. The number of amides is 2. The zero-order valence-electron chi connectivity index (χ0n) is 18.7. The summed E-state index contributed by atoms with van der Waals surface area (Å²) in [6.07, 6.45) is 1.53. The molecule has 182 valence electrons. The summed E-state index contributed by atoms with van der Waals surface area (Å²) < 4.78 is 11.2. The molecule has 0 saturated carbocycles. The van der Waals surface area contributed by atoms with Crippen LogP contribution in [0.5, 0.6) is 11.5 Å². The molecule has 10 heteroatoms. The molecule has 3 aromatic rings. The standard InChI is InChI=1S/C25H22Cl3N3O4/c1-34-23-12-17(4-9-22(23)35-15-16-2-6-19(26)7-3-16)14-30-31-24(32)10-11-29-25(33)18-5-8-20(27)21(28)13-18/h2-9,12-14H,10-11,15H2,1H3,(H,29,33)(H,31,32). The molecule has 7 nitrogen and oxygen atoms in total. The van der Waals surface area contributed by atoms with Gasteiger partial charge in [-0.15, -0.1) is 0 Å².